The Hall–Kier alpha value is -1.77. The van der Waals surface area contributed by atoms with Gasteiger partial charge in [0.25, 0.3) is 0 Å². The molecule has 1 aromatic carbocycles. The number of carbonyl (C=O) groups excluding carboxylic acids is 1. The molecule has 9 heteroatoms. The molecule has 0 saturated heterocycles. The zero-order valence-electron chi connectivity index (χ0n) is 10.4. The van der Waals surface area contributed by atoms with Crippen LogP contribution in [-0.4, -0.2) is 28.8 Å². The maximum Gasteiger partial charge on any atom is 0.411 e. The SMILES string of the molecule is O=C(Nc1ccc(Br)cc1C(=O)O)NC1(C(F)(F)F)CC1. The largest absolute Gasteiger partial charge is 0.478 e. The molecule has 0 aromatic heterocycles. The molecule has 1 aromatic rings. The number of carboxylic acids is 1. The minimum Gasteiger partial charge on any atom is -0.478 e. The fraction of sp³-hybridized carbons (Fsp3) is 0.333. The molecule has 1 aliphatic rings. The average molecular weight is 367 g/mol. The van der Waals surface area contributed by atoms with E-state index in [2.05, 4.69) is 21.2 Å². The molecule has 0 bridgehead atoms. The molecule has 2 amide bonds. The molecule has 0 heterocycles. The van der Waals surface area contributed by atoms with Crippen molar-refractivity contribution in [3.63, 3.8) is 0 Å². The predicted octanol–water partition coefficient (Wildman–Crippen LogP) is 3.36. The van der Waals surface area contributed by atoms with E-state index in [1.165, 1.54) is 18.2 Å². The number of nitrogens with one attached hydrogen (secondary N) is 2. The third-order valence-electron chi connectivity index (χ3n) is 3.11. The Labute approximate surface area is 125 Å². The lowest BCUT2D eigenvalue weighted by molar-refractivity contribution is -0.162. The van der Waals surface area contributed by atoms with Crippen molar-refractivity contribution < 1.29 is 27.9 Å². The standard InChI is InChI=1S/C12H10BrF3N2O3/c13-6-1-2-8(7(5-6)9(19)20)17-10(21)18-11(3-4-11)12(14,15)16/h1-2,5H,3-4H2,(H,19,20)(H2,17,18,21). The summed E-state index contributed by atoms with van der Waals surface area (Å²) in [6.45, 7) is 0. The number of hydrogen-bond acceptors (Lipinski definition) is 2. The number of amides is 2. The summed E-state index contributed by atoms with van der Waals surface area (Å²) < 4.78 is 38.6. The van der Waals surface area contributed by atoms with Gasteiger partial charge in [0.1, 0.15) is 5.54 Å². The molecule has 0 unspecified atom stereocenters. The van der Waals surface area contributed by atoms with E-state index in [-0.39, 0.29) is 24.1 Å². The van der Waals surface area contributed by atoms with Crippen LogP contribution in [0.4, 0.5) is 23.7 Å². The van der Waals surface area contributed by atoms with Gasteiger partial charge < -0.3 is 15.7 Å². The van der Waals surface area contributed by atoms with Gasteiger partial charge in [-0.15, -0.1) is 0 Å². The van der Waals surface area contributed by atoms with E-state index in [1.807, 2.05) is 5.32 Å². The number of urea groups is 1. The van der Waals surface area contributed by atoms with Crippen LogP contribution in [-0.2, 0) is 0 Å². The van der Waals surface area contributed by atoms with E-state index in [0.29, 0.717) is 4.47 Å². The Bertz CT molecular complexity index is 600. The summed E-state index contributed by atoms with van der Waals surface area (Å²) in [5.74, 6) is -1.30. The van der Waals surface area contributed by atoms with E-state index in [1.54, 1.807) is 0 Å². The summed E-state index contributed by atoms with van der Waals surface area (Å²) in [6.07, 6.45) is -4.90. The highest BCUT2D eigenvalue weighted by atomic mass is 79.9. The fourth-order valence-electron chi connectivity index (χ4n) is 1.78. The lowest BCUT2D eigenvalue weighted by Crippen LogP contribution is -2.49. The highest BCUT2D eigenvalue weighted by Crippen LogP contribution is 2.48. The lowest BCUT2D eigenvalue weighted by atomic mass is 10.2. The van der Waals surface area contributed by atoms with Crippen molar-refractivity contribution in [3.8, 4) is 0 Å². The van der Waals surface area contributed by atoms with Gasteiger partial charge >= 0.3 is 18.2 Å². The van der Waals surface area contributed by atoms with E-state index in [9.17, 15) is 22.8 Å². The van der Waals surface area contributed by atoms with Crippen molar-refractivity contribution in [2.24, 2.45) is 0 Å². The highest BCUT2D eigenvalue weighted by Gasteiger charge is 2.64. The first-order valence-electron chi connectivity index (χ1n) is 5.83. The van der Waals surface area contributed by atoms with Crippen LogP contribution in [0.5, 0.6) is 0 Å². The molecule has 21 heavy (non-hydrogen) atoms. The smallest absolute Gasteiger partial charge is 0.411 e. The Morgan fingerprint density at radius 1 is 1.29 bits per heavy atom. The van der Waals surface area contributed by atoms with Gasteiger partial charge in [-0.2, -0.15) is 13.2 Å². The molecule has 1 fully saturated rings. The minimum atomic E-state index is -4.53. The van der Waals surface area contributed by atoms with Crippen molar-refractivity contribution in [1.29, 1.82) is 0 Å². The van der Waals surface area contributed by atoms with Gasteiger partial charge in [-0.25, -0.2) is 9.59 Å². The number of alkyl halides is 3. The van der Waals surface area contributed by atoms with Crippen molar-refractivity contribution in [3.05, 3.63) is 28.2 Å². The van der Waals surface area contributed by atoms with Crippen LogP contribution in [0.1, 0.15) is 23.2 Å². The fourth-order valence-corrected chi connectivity index (χ4v) is 2.14. The van der Waals surface area contributed by atoms with Crippen LogP contribution >= 0.6 is 15.9 Å². The van der Waals surface area contributed by atoms with Crippen LogP contribution in [0.15, 0.2) is 22.7 Å². The van der Waals surface area contributed by atoms with Gasteiger partial charge in [-0.05, 0) is 31.0 Å². The van der Waals surface area contributed by atoms with Crippen molar-refractivity contribution in [2.45, 2.75) is 24.6 Å². The zero-order chi connectivity index (χ0) is 15.8. The normalized spacial score (nSPS) is 16.2. The van der Waals surface area contributed by atoms with E-state index in [4.69, 9.17) is 5.11 Å². The van der Waals surface area contributed by atoms with Crippen molar-refractivity contribution >= 4 is 33.6 Å². The molecule has 1 saturated carbocycles. The highest BCUT2D eigenvalue weighted by molar-refractivity contribution is 9.10. The molecule has 3 N–H and O–H groups in total. The number of rotatable bonds is 3. The van der Waals surface area contributed by atoms with Gasteiger partial charge in [0.2, 0.25) is 0 Å². The molecule has 5 nitrogen and oxygen atoms in total. The second kappa shape index (κ2) is 5.21. The minimum absolute atomic E-state index is 0.0822. The second-order valence-electron chi connectivity index (χ2n) is 4.65. The molecule has 0 atom stereocenters. The van der Waals surface area contributed by atoms with Crippen molar-refractivity contribution in [1.82, 2.24) is 5.32 Å². The quantitative estimate of drug-likeness (QED) is 0.767. The van der Waals surface area contributed by atoms with Gasteiger partial charge in [-0.1, -0.05) is 15.9 Å². The predicted molar refractivity (Wildman–Crippen MR) is 71.3 cm³/mol. The molecule has 0 spiro atoms. The Balaban J connectivity index is 2.13. The Kier molecular flexibility index (Phi) is 3.87. The number of carboxylic acid groups (broad SMARTS) is 1. The average Bonchev–Trinajstić information content (AvgIpc) is 3.11. The van der Waals surface area contributed by atoms with Gasteiger partial charge in [0, 0.05) is 4.47 Å². The van der Waals surface area contributed by atoms with Crippen LogP contribution in [0.3, 0.4) is 0 Å². The van der Waals surface area contributed by atoms with E-state index >= 15 is 0 Å². The van der Waals surface area contributed by atoms with E-state index < -0.39 is 23.7 Å². The number of anilines is 1. The molecule has 0 aliphatic heterocycles. The summed E-state index contributed by atoms with van der Waals surface area (Å²) >= 11 is 3.08. The topological polar surface area (TPSA) is 78.4 Å². The van der Waals surface area contributed by atoms with Gasteiger partial charge in [0.15, 0.2) is 0 Å². The first-order chi connectivity index (χ1) is 9.64. The monoisotopic (exact) mass is 366 g/mol. The molecular formula is C12H10BrF3N2O3. The van der Waals surface area contributed by atoms with Crippen LogP contribution in [0.25, 0.3) is 0 Å². The summed E-state index contributed by atoms with van der Waals surface area (Å²) in [7, 11) is 0. The number of hydrogen-bond donors (Lipinski definition) is 3. The van der Waals surface area contributed by atoms with Crippen LogP contribution in [0.2, 0.25) is 0 Å². The maximum atomic E-state index is 12.7. The summed E-state index contributed by atoms with van der Waals surface area (Å²) in [5, 5.41) is 13.0. The first-order valence-corrected chi connectivity index (χ1v) is 6.63. The molecule has 1 aliphatic carbocycles. The molecule has 114 valence electrons. The van der Waals surface area contributed by atoms with Crippen LogP contribution < -0.4 is 10.6 Å². The van der Waals surface area contributed by atoms with Crippen LogP contribution in [0, 0.1) is 0 Å². The molecule has 0 radical (unpaired) electrons. The molecule has 2 rings (SSSR count). The third kappa shape index (κ3) is 3.29. The summed E-state index contributed by atoms with van der Waals surface area (Å²) in [6, 6.07) is 2.92. The summed E-state index contributed by atoms with van der Waals surface area (Å²) in [4.78, 5) is 22.7. The van der Waals surface area contributed by atoms with E-state index in [0.717, 1.165) is 0 Å². The lowest BCUT2D eigenvalue weighted by Gasteiger charge is -2.21. The summed E-state index contributed by atoms with van der Waals surface area (Å²) in [5.41, 5.74) is -2.51. The Morgan fingerprint density at radius 3 is 2.38 bits per heavy atom. The number of benzene rings is 1. The van der Waals surface area contributed by atoms with Gasteiger partial charge in [0.05, 0.1) is 11.3 Å². The number of aromatic carboxylic acids is 1. The Morgan fingerprint density at radius 2 is 1.90 bits per heavy atom. The second-order valence-corrected chi connectivity index (χ2v) is 5.57. The third-order valence-corrected chi connectivity index (χ3v) is 3.60. The first kappa shape index (κ1) is 15.6. The number of halogens is 4. The number of carbonyl (C=O) groups is 2. The zero-order valence-corrected chi connectivity index (χ0v) is 12.0. The molecular weight excluding hydrogens is 357 g/mol. The van der Waals surface area contributed by atoms with Gasteiger partial charge in [-0.3, -0.25) is 0 Å². The maximum absolute atomic E-state index is 12.7. The van der Waals surface area contributed by atoms with Crippen molar-refractivity contribution in [2.75, 3.05) is 5.32 Å².